The minimum absolute atomic E-state index is 0.00309. The molecular weight excluding hydrogens is 468 g/mol. The average Bonchev–Trinajstić information content (AvgIpc) is 3.31. The largest absolute Gasteiger partial charge is 0.494 e. The number of carbonyl (C=O) groups excluding carboxylic acids is 3. The zero-order valence-corrected chi connectivity index (χ0v) is 20.1. The van der Waals surface area contributed by atoms with Gasteiger partial charge in [0.25, 0.3) is 5.91 Å². The minimum Gasteiger partial charge on any atom is -0.494 e. The molecular formula is C21H24N4O6S2. The molecule has 3 aromatic rings. The fourth-order valence-electron chi connectivity index (χ4n) is 2.86. The van der Waals surface area contributed by atoms with Crippen molar-refractivity contribution < 1.29 is 28.4 Å². The van der Waals surface area contributed by atoms with E-state index in [4.69, 9.17) is 14.0 Å². The Balaban J connectivity index is 1.72. The summed E-state index contributed by atoms with van der Waals surface area (Å²) in [7, 11) is 0. The Kier molecular flexibility index (Phi) is 8.66. The number of hydrogen-bond donors (Lipinski definition) is 1. The predicted molar refractivity (Wildman–Crippen MR) is 125 cm³/mol. The minimum atomic E-state index is -0.422. The first kappa shape index (κ1) is 24.5. The highest BCUT2D eigenvalue weighted by Gasteiger charge is 2.14. The number of nitrogens with one attached hydrogen (secondary N) is 1. The maximum Gasteiger partial charge on any atom is 0.326 e. The van der Waals surface area contributed by atoms with Gasteiger partial charge in [-0.05, 0) is 39.0 Å². The lowest BCUT2D eigenvalue weighted by atomic mass is 10.3. The van der Waals surface area contributed by atoms with E-state index in [1.165, 1.54) is 11.3 Å². The van der Waals surface area contributed by atoms with Crippen molar-refractivity contribution in [3.8, 4) is 5.75 Å². The van der Waals surface area contributed by atoms with Crippen LogP contribution in [0.1, 0.15) is 19.6 Å². The molecule has 1 aromatic carbocycles. The maximum absolute atomic E-state index is 12.5. The number of carbonyl (C=O) groups is 3. The van der Waals surface area contributed by atoms with E-state index >= 15 is 0 Å². The summed E-state index contributed by atoms with van der Waals surface area (Å²) in [5.74, 6) is 0.516. The standard InChI is InChI=1S/C21H24N4O6S2/c1-4-29-14-6-7-15-16(9-14)33-21(25(15)10-20(28)30-5-2)23-19(27)12-32-11-18(26)22-17-8-13(3)31-24-17/h6-9H,4-5,10-12H2,1-3H3,(H,22,24,26). The van der Waals surface area contributed by atoms with Gasteiger partial charge in [-0.15, -0.1) is 11.8 Å². The Bertz CT molecular complexity index is 1210. The normalized spacial score (nSPS) is 11.5. The van der Waals surface area contributed by atoms with Crippen LogP contribution in [0, 0.1) is 6.92 Å². The molecule has 3 rings (SSSR count). The number of rotatable bonds is 10. The average molecular weight is 493 g/mol. The van der Waals surface area contributed by atoms with E-state index < -0.39 is 11.9 Å². The SMILES string of the molecule is CCOC(=O)Cn1c(=NC(=O)CSCC(=O)Nc2cc(C)on2)sc2cc(OCC)ccc21. The lowest BCUT2D eigenvalue weighted by molar-refractivity contribution is -0.143. The third kappa shape index (κ3) is 6.93. The smallest absolute Gasteiger partial charge is 0.326 e. The molecule has 10 nitrogen and oxygen atoms in total. The summed E-state index contributed by atoms with van der Waals surface area (Å²) in [6.45, 7) is 6.06. The Morgan fingerprint density at radius 1 is 1.21 bits per heavy atom. The van der Waals surface area contributed by atoms with Crippen molar-refractivity contribution in [2.45, 2.75) is 27.3 Å². The molecule has 176 valence electrons. The van der Waals surface area contributed by atoms with Crippen molar-refractivity contribution in [1.29, 1.82) is 0 Å². The molecule has 1 N–H and O–H groups in total. The fraction of sp³-hybridized carbons (Fsp3) is 0.381. The molecule has 2 amide bonds. The summed E-state index contributed by atoms with van der Waals surface area (Å²) in [4.78, 5) is 41.1. The van der Waals surface area contributed by atoms with Gasteiger partial charge in [0.2, 0.25) is 5.91 Å². The maximum atomic E-state index is 12.5. The third-order valence-corrected chi connectivity index (χ3v) is 6.09. The number of hydrogen-bond acceptors (Lipinski definition) is 9. The van der Waals surface area contributed by atoms with Crippen LogP contribution in [0.25, 0.3) is 10.2 Å². The van der Waals surface area contributed by atoms with Gasteiger partial charge in [-0.3, -0.25) is 14.4 Å². The molecule has 2 heterocycles. The number of fused-ring (bicyclic) bond motifs is 1. The second kappa shape index (κ2) is 11.7. The molecule has 0 aliphatic carbocycles. The Morgan fingerprint density at radius 2 is 2.03 bits per heavy atom. The van der Waals surface area contributed by atoms with Gasteiger partial charge in [0.05, 0.1) is 34.9 Å². The van der Waals surface area contributed by atoms with E-state index in [1.54, 1.807) is 30.5 Å². The number of benzene rings is 1. The number of aryl methyl sites for hydroxylation is 1. The van der Waals surface area contributed by atoms with Gasteiger partial charge in [0.15, 0.2) is 10.6 Å². The predicted octanol–water partition coefficient (Wildman–Crippen LogP) is 2.76. The van der Waals surface area contributed by atoms with Crippen LogP contribution in [-0.2, 0) is 25.7 Å². The number of aromatic nitrogens is 2. The summed E-state index contributed by atoms with van der Waals surface area (Å²) in [5, 5.41) is 6.28. The van der Waals surface area contributed by atoms with E-state index in [0.29, 0.717) is 28.7 Å². The molecule has 0 unspecified atom stereocenters. The van der Waals surface area contributed by atoms with Gasteiger partial charge in [0, 0.05) is 6.07 Å². The molecule has 0 saturated carbocycles. The van der Waals surface area contributed by atoms with E-state index in [-0.39, 0.29) is 30.6 Å². The summed E-state index contributed by atoms with van der Waals surface area (Å²) in [6, 6.07) is 7.07. The number of esters is 1. The zero-order chi connectivity index (χ0) is 23.8. The number of anilines is 1. The first-order chi connectivity index (χ1) is 15.9. The molecule has 2 aromatic heterocycles. The molecule has 0 saturated heterocycles. The molecule has 0 aliphatic heterocycles. The van der Waals surface area contributed by atoms with Gasteiger partial charge in [0.1, 0.15) is 18.1 Å². The van der Waals surface area contributed by atoms with E-state index in [2.05, 4.69) is 15.5 Å². The topological polar surface area (TPSA) is 125 Å². The highest BCUT2D eigenvalue weighted by Crippen LogP contribution is 2.23. The summed E-state index contributed by atoms with van der Waals surface area (Å²) in [5.41, 5.74) is 0.748. The molecule has 33 heavy (non-hydrogen) atoms. The third-order valence-electron chi connectivity index (χ3n) is 4.13. The number of amides is 2. The fourth-order valence-corrected chi connectivity index (χ4v) is 4.53. The summed E-state index contributed by atoms with van der Waals surface area (Å²) < 4.78 is 18.0. The second-order valence-corrected chi connectivity index (χ2v) is 8.70. The van der Waals surface area contributed by atoms with Crippen LogP contribution < -0.4 is 14.9 Å². The molecule has 0 fully saturated rings. The lowest BCUT2D eigenvalue weighted by Crippen LogP contribution is -2.23. The molecule has 0 aliphatic rings. The van der Waals surface area contributed by atoms with Crippen LogP contribution in [0.2, 0.25) is 0 Å². The van der Waals surface area contributed by atoms with Gasteiger partial charge < -0.3 is 23.9 Å². The van der Waals surface area contributed by atoms with Crippen LogP contribution in [0.3, 0.4) is 0 Å². The van der Waals surface area contributed by atoms with E-state index in [0.717, 1.165) is 22.0 Å². The van der Waals surface area contributed by atoms with E-state index in [1.807, 2.05) is 19.1 Å². The van der Waals surface area contributed by atoms with Crippen molar-refractivity contribution >= 4 is 56.9 Å². The highest BCUT2D eigenvalue weighted by atomic mass is 32.2. The monoisotopic (exact) mass is 492 g/mol. The first-order valence-corrected chi connectivity index (χ1v) is 12.2. The first-order valence-electron chi connectivity index (χ1n) is 10.2. The van der Waals surface area contributed by atoms with Gasteiger partial charge in [-0.2, -0.15) is 4.99 Å². The lowest BCUT2D eigenvalue weighted by Gasteiger charge is -2.06. The second-order valence-electron chi connectivity index (χ2n) is 6.71. The zero-order valence-electron chi connectivity index (χ0n) is 18.5. The van der Waals surface area contributed by atoms with Crippen LogP contribution in [-0.4, -0.2) is 52.2 Å². The van der Waals surface area contributed by atoms with Crippen molar-refractivity contribution in [2.75, 3.05) is 30.0 Å². The van der Waals surface area contributed by atoms with Gasteiger partial charge in [-0.25, -0.2) is 0 Å². The number of thioether (sulfide) groups is 1. The molecule has 0 radical (unpaired) electrons. The Hall–Kier alpha value is -3.12. The number of nitrogens with zero attached hydrogens (tertiary/aromatic N) is 3. The molecule has 0 atom stereocenters. The van der Waals surface area contributed by atoms with Crippen LogP contribution in [0.15, 0.2) is 33.8 Å². The number of thiazole rings is 1. The van der Waals surface area contributed by atoms with Crippen molar-refractivity contribution in [1.82, 2.24) is 9.72 Å². The highest BCUT2D eigenvalue weighted by molar-refractivity contribution is 8.00. The molecule has 0 spiro atoms. The van der Waals surface area contributed by atoms with Crippen LogP contribution >= 0.6 is 23.1 Å². The Morgan fingerprint density at radius 3 is 2.73 bits per heavy atom. The Labute approximate surface area is 197 Å². The molecule has 12 heteroatoms. The molecule has 0 bridgehead atoms. The van der Waals surface area contributed by atoms with Crippen LogP contribution in [0.5, 0.6) is 5.75 Å². The van der Waals surface area contributed by atoms with Crippen LogP contribution in [0.4, 0.5) is 5.82 Å². The number of ether oxygens (including phenoxy) is 2. The van der Waals surface area contributed by atoms with Gasteiger partial charge >= 0.3 is 5.97 Å². The van der Waals surface area contributed by atoms with E-state index in [9.17, 15) is 14.4 Å². The summed E-state index contributed by atoms with van der Waals surface area (Å²) in [6.07, 6.45) is 0. The van der Waals surface area contributed by atoms with Gasteiger partial charge in [-0.1, -0.05) is 16.5 Å². The van der Waals surface area contributed by atoms with Crippen molar-refractivity contribution in [3.05, 3.63) is 34.8 Å². The quantitative estimate of drug-likeness (QED) is 0.428. The van der Waals surface area contributed by atoms with Crippen molar-refractivity contribution in [3.63, 3.8) is 0 Å². The van der Waals surface area contributed by atoms with Crippen molar-refractivity contribution in [2.24, 2.45) is 4.99 Å². The summed E-state index contributed by atoms with van der Waals surface area (Å²) >= 11 is 2.41.